The zero-order valence-electron chi connectivity index (χ0n) is 52.7. The van der Waals surface area contributed by atoms with Crippen molar-refractivity contribution in [3.8, 4) is 0 Å². The molecule has 12 N–H and O–H groups in total. The van der Waals surface area contributed by atoms with Gasteiger partial charge in [0.05, 0.1) is 18.9 Å². The lowest BCUT2D eigenvalue weighted by molar-refractivity contribution is -0.143. The summed E-state index contributed by atoms with van der Waals surface area (Å²) in [7, 11) is 0. The van der Waals surface area contributed by atoms with Crippen LogP contribution in [0.4, 0.5) is 0 Å². The average Bonchev–Trinajstić information content (AvgIpc) is 4.14. The first-order valence-electron chi connectivity index (χ1n) is 31.4. The first-order chi connectivity index (χ1) is 41.4. The van der Waals surface area contributed by atoms with Crippen molar-refractivity contribution < 1.29 is 77.6 Å². The number of carboxylic acid groups (broad SMARTS) is 3. The monoisotopic (exact) mass is 1260 g/mol. The van der Waals surface area contributed by atoms with E-state index in [1.165, 1.54) is 18.7 Å². The largest absolute Gasteiger partial charge is 0.481 e. The number of amides is 9. The van der Waals surface area contributed by atoms with Gasteiger partial charge in [-0.1, -0.05) is 119 Å². The second-order valence-electron chi connectivity index (χ2n) is 25.1. The van der Waals surface area contributed by atoms with Gasteiger partial charge in [0.25, 0.3) is 0 Å². The fourth-order valence-electron chi connectivity index (χ4n) is 11.6. The van der Waals surface area contributed by atoms with Crippen molar-refractivity contribution >= 4 is 89.5 Å². The summed E-state index contributed by atoms with van der Waals surface area (Å²) in [6, 6.07) is -13.0. The van der Waals surface area contributed by atoms with Crippen LogP contribution in [0.1, 0.15) is 190 Å². The number of allylic oxidation sites excluding steroid dienone is 1. The lowest BCUT2D eigenvalue weighted by Gasteiger charge is -2.33. The molecule has 9 amide bonds. The summed E-state index contributed by atoms with van der Waals surface area (Å²) in [4.78, 5) is 177. The standard InChI is InChI=1S/C61H100N10O16S/c1-10-36(8)52(70-58(84)42(27-34(4)5)65-53(79)40(23-24-49(73)74)63-56(82)45(30-50(75)76)62-35(6)7)60(86)68-44(29-39-20-15-12-16-21-39)55(81)69-47(32-88)61(87)71-25-17-22-48(71)59(85)67-43(28-38-18-13-11-14-19-38)54(80)66-46(31-51(77)78)57(83)64-41(37(9)72)26-33(2)3/h33-34,36,38-48,52,62,88H,6,10-32H2,1-5,7-9H3,(H,63,82)(H,64,83)(H,65,79)(H,66,80)(H,67,85)(H,68,86)(H,69,81)(H,70,84)(H,73,74)(H,75,76)(H,77,78)/t36-,40+,41-,42-,43-,44-,45-,46-,47-,48-,52-/m0/s1. The van der Waals surface area contributed by atoms with Gasteiger partial charge in [-0.3, -0.25) is 62.3 Å². The van der Waals surface area contributed by atoms with Crippen molar-refractivity contribution in [2.75, 3.05) is 12.3 Å². The second kappa shape index (κ2) is 37.9. The Labute approximate surface area is 522 Å². The van der Waals surface area contributed by atoms with Gasteiger partial charge < -0.3 is 68.1 Å². The number of nitrogens with one attached hydrogen (secondary N) is 9. The number of carbonyl (C=O) groups is 13. The van der Waals surface area contributed by atoms with Gasteiger partial charge in [0.15, 0.2) is 5.78 Å². The summed E-state index contributed by atoms with van der Waals surface area (Å²) in [5.41, 5.74) is 0.248. The molecule has 496 valence electrons. The Balaban J connectivity index is 1.90. The Kier molecular flexibility index (Phi) is 32.5. The number of carboxylic acids is 3. The van der Waals surface area contributed by atoms with Crippen LogP contribution >= 0.6 is 12.6 Å². The van der Waals surface area contributed by atoms with E-state index in [0.717, 1.165) is 64.2 Å². The molecular formula is C61H100N10O16S. The molecule has 3 rings (SSSR count). The number of aliphatic carboxylic acids is 3. The molecule has 1 heterocycles. The molecule has 27 heteroatoms. The van der Waals surface area contributed by atoms with Crippen LogP contribution < -0.4 is 47.9 Å². The van der Waals surface area contributed by atoms with E-state index in [9.17, 15) is 77.6 Å². The molecule has 2 aliphatic carbocycles. The van der Waals surface area contributed by atoms with E-state index < -0.39 is 163 Å². The molecule has 2 saturated carbocycles. The van der Waals surface area contributed by atoms with E-state index in [2.05, 4.69) is 67.1 Å². The van der Waals surface area contributed by atoms with Crippen LogP contribution in [-0.2, 0) is 62.3 Å². The van der Waals surface area contributed by atoms with E-state index in [-0.39, 0.29) is 79.6 Å². The van der Waals surface area contributed by atoms with E-state index >= 15 is 0 Å². The number of likely N-dealkylation sites (tertiary alicyclic amines) is 1. The zero-order chi connectivity index (χ0) is 65.9. The highest BCUT2D eigenvalue weighted by Crippen LogP contribution is 2.30. The third-order valence-electron chi connectivity index (χ3n) is 16.5. The number of hydrogen-bond acceptors (Lipinski definition) is 15. The third-order valence-corrected chi connectivity index (χ3v) is 16.9. The van der Waals surface area contributed by atoms with E-state index in [1.54, 1.807) is 27.7 Å². The summed E-state index contributed by atoms with van der Waals surface area (Å²) in [5.74, 6) is -12.6. The molecule has 3 aliphatic rings. The maximum Gasteiger partial charge on any atom is 0.305 e. The summed E-state index contributed by atoms with van der Waals surface area (Å²) in [6.07, 6.45) is 7.57. The summed E-state index contributed by atoms with van der Waals surface area (Å²) >= 11 is 4.46. The molecule has 0 spiro atoms. The van der Waals surface area contributed by atoms with Crippen LogP contribution in [0.2, 0.25) is 0 Å². The maximum atomic E-state index is 14.7. The fraction of sp³-hybridized carbons (Fsp3) is 0.754. The third kappa shape index (κ3) is 26.1. The Morgan fingerprint density at radius 2 is 0.909 bits per heavy atom. The Morgan fingerprint density at radius 3 is 1.38 bits per heavy atom. The minimum atomic E-state index is -1.59. The van der Waals surface area contributed by atoms with Crippen LogP contribution in [0, 0.1) is 29.6 Å². The van der Waals surface area contributed by atoms with Gasteiger partial charge in [0.1, 0.15) is 54.4 Å². The Bertz CT molecular complexity index is 2430. The smallest absolute Gasteiger partial charge is 0.305 e. The number of hydrogen-bond donors (Lipinski definition) is 13. The van der Waals surface area contributed by atoms with Gasteiger partial charge >= 0.3 is 17.9 Å². The normalized spacial score (nSPS) is 18.9. The molecule has 3 fully saturated rings. The molecule has 0 aromatic rings. The van der Waals surface area contributed by atoms with E-state index in [0.29, 0.717) is 12.8 Å². The van der Waals surface area contributed by atoms with Crippen molar-refractivity contribution in [1.29, 1.82) is 0 Å². The van der Waals surface area contributed by atoms with E-state index in [4.69, 9.17) is 0 Å². The lowest BCUT2D eigenvalue weighted by atomic mass is 9.84. The molecule has 0 radical (unpaired) electrons. The molecule has 1 aliphatic heterocycles. The van der Waals surface area contributed by atoms with Crippen LogP contribution in [0.25, 0.3) is 0 Å². The highest BCUT2D eigenvalue weighted by molar-refractivity contribution is 7.80. The molecular weight excluding hydrogens is 1160 g/mol. The number of nitrogens with zero attached hydrogens (tertiary/aromatic N) is 1. The highest BCUT2D eigenvalue weighted by Gasteiger charge is 2.42. The molecule has 1 saturated heterocycles. The fourth-order valence-corrected chi connectivity index (χ4v) is 11.9. The molecule has 11 atom stereocenters. The van der Waals surface area contributed by atoms with Gasteiger partial charge in [0, 0.05) is 24.4 Å². The minimum absolute atomic E-state index is 0.000445. The quantitative estimate of drug-likeness (QED) is 0.0395. The predicted octanol–water partition coefficient (Wildman–Crippen LogP) is 2.76. The number of rotatable bonds is 38. The Hall–Kier alpha value is -6.80. The predicted molar refractivity (Wildman–Crippen MR) is 329 cm³/mol. The SMILES string of the molecule is C=C(C)N[C@@H](CC(=O)O)C(=O)N[C@H](CCC(=O)O)C(=O)N[C@@H](CC(C)C)C(=O)N[C@H](C(=O)N[C@@H](CC1CCCCC1)C(=O)N[C@@H](CS)C(=O)N1CCC[C@H]1C(=O)N[C@@H](CC1CCCCC1)C(=O)N[C@@H](CC(=O)O)C(=O)N[C@@H](CC(C)C)C(C)=O)[C@@H](C)CC. The topological polar surface area (TPSA) is 394 Å². The molecule has 0 aromatic carbocycles. The van der Waals surface area contributed by atoms with Crippen molar-refractivity contribution in [2.24, 2.45) is 29.6 Å². The summed E-state index contributed by atoms with van der Waals surface area (Å²) in [5, 5.41) is 52.7. The van der Waals surface area contributed by atoms with Crippen molar-refractivity contribution in [1.82, 2.24) is 52.8 Å². The van der Waals surface area contributed by atoms with Crippen LogP contribution in [0.15, 0.2) is 12.3 Å². The molecule has 88 heavy (non-hydrogen) atoms. The van der Waals surface area contributed by atoms with Gasteiger partial charge in [-0.15, -0.1) is 0 Å². The average molecular weight is 1260 g/mol. The van der Waals surface area contributed by atoms with Gasteiger partial charge in [-0.05, 0) is 88.4 Å². The molecule has 26 nitrogen and oxygen atoms in total. The summed E-state index contributed by atoms with van der Waals surface area (Å²) in [6.45, 7) is 17.3. The second-order valence-corrected chi connectivity index (χ2v) is 25.5. The first kappa shape index (κ1) is 75.4. The minimum Gasteiger partial charge on any atom is -0.481 e. The first-order valence-corrected chi connectivity index (χ1v) is 32.0. The molecule has 0 unspecified atom stereocenters. The van der Waals surface area contributed by atoms with Crippen molar-refractivity contribution in [3.63, 3.8) is 0 Å². The molecule has 0 aromatic heterocycles. The van der Waals surface area contributed by atoms with Crippen LogP contribution in [-0.4, -0.2) is 170 Å². The Morgan fingerprint density at radius 1 is 0.489 bits per heavy atom. The number of thiol groups is 1. The number of carbonyl (C=O) groups excluding carboxylic acids is 10. The van der Waals surface area contributed by atoms with E-state index in [1.807, 2.05) is 13.8 Å². The number of Topliss-reactive ketones (excluding diaryl/α,β-unsaturated/α-hetero) is 1. The van der Waals surface area contributed by atoms with Gasteiger partial charge in [-0.25, -0.2) is 0 Å². The highest BCUT2D eigenvalue weighted by atomic mass is 32.1. The zero-order valence-corrected chi connectivity index (χ0v) is 53.6. The lowest BCUT2D eigenvalue weighted by Crippen LogP contribution is -2.61. The maximum absolute atomic E-state index is 14.7. The summed E-state index contributed by atoms with van der Waals surface area (Å²) < 4.78 is 0. The van der Waals surface area contributed by atoms with Gasteiger partial charge in [-0.2, -0.15) is 12.6 Å². The van der Waals surface area contributed by atoms with Gasteiger partial charge in [0.2, 0.25) is 53.2 Å². The van der Waals surface area contributed by atoms with Crippen LogP contribution in [0.3, 0.4) is 0 Å². The van der Waals surface area contributed by atoms with Crippen molar-refractivity contribution in [2.45, 2.75) is 251 Å². The number of ketones is 1. The van der Waals surface area contributed by atoms with Crippen LogP contribution in [0.5, 0.6) is 0 Å². The molecule has 0 bridgehead atoms. The van der Waals surface area contributed by atoms with Crippen molar-refractivity contribution in [3.05, 3.63) is 12.3 Å².